The van der Waals surface area contributed by atoms with Crippen LogP contribution in [0, 0.1) is 0 Å². The van der Waals surface area contributed by atoms with Gasteiger partial charge in [-0.05, 0) is 50.0 Å². The molecular formula is C28H32N8O3. The molecule has 11 nitrogen and oxygen atoms in total. The average molecular weight is 529 g/mol. The number of rotatable bonds is 10. The van der Waals surface area contributed by atoms with E-state index in [0.717, 1.165) is 24.3 Å². The average Bonchev–Trinajstić information content (AvgIpc) is 2.94. The molecule has 0 bridgehead atoms. The molecule has 0 unspecified atom stereocenters. The monoisotopic (exact) mass is 528 g/mol. The molecule has 0 fully saturated rings. The van der Waals surface area contributed by atoms with Gasteiger partial charge in [0.25, 0.3) is 5.56 Å². The molecule has 4 aromatic rings. The molecule has 0 spiro atoms. The van der Waals surface area contributed by atoms with Gasteiger partial charge in [-0.25, -0.2) is 4.98 Å². The number of benzene rings is 1. The van der Waals surface area contributed by atoms with E-state index in [1.165, 1.54) is 10.6 Å². The van der Waals surface area contributed by atoms with E-state index in [-0.39, 0.29) is 17.4 Å². The third-order valence-electron chi connectivity index (χ3n) is 6.24. The molecule has 0 aliphatic rings. The van der Waals surface area contributed by atoms with Gasteiger partial charge in [-0.2, -0.15) is 4.98 Å². The molecule has 1 aromatic carbocycles. The van der Waals surface area contributed by atoms with Crippen LogP contribution in [0.15, 0.2) is 66.4 Å². The summed E-state index contributed by atoms with van der Waals surface area (Å²) in [6.45, 7) is 5.11. The molecule has 202 valence electrons. The van der Waals surface area contributed by atoms with Crippen LogP contribution in [0.25, 0.3) is 22.2 Å². The minimum Gasteiger partial charge on any atom is -0.494 e. The lowest BCUT2D eigenvalue weighted by Crippen LogP contribution is -2.29. The third kappa shape index (κ3) is 6.04. The van der Waals surface area contributed by atoms with Gasteiger partial charge in [0, 0.05) is 62.8 Å². The van der Waals surface area contributed by atoms with Crippen LogP contribution in [-0.4, -0.2) is 71.7 Å². The maximum atomic E-state index is 13.1. The Morgan fingerprint density at radius 1 is 1.13 bits per heavy atom. The Balaban J connectivity index is 1.73. The highest BCUT2D eigenvalue weighted by Gasteiger charge is 2.17. The first kappa shape index (κ1) is 27.3. The summed E-state index contributed by atoms with van der Waals surface area (Å²) in [7, 11) is 9.19. The molecule has 0 aliphatic carbocycles. The Morgan fingerprint density at radius 2 is 1.87 bits per heavy atom. The first-order chi connectivity index (χ1) is 18.7. The second kappa shape index (κ2) is 11.7. The predicted octanol–water partition coefficient (Wildman–Crippen LogP) is 3.27. The number of anilines is 4. The van der Waals surface area contributed by atoms with Crippen molar-refractivity contribution in [3.63, 3.8) is 0 Å². The van der Waals surface area contributed by atoms with Crippen molar-refractivity contribution in [2.24, 2.45) is 7.05 Å². The van der Waals surface area contributed by atoms with Gasteiger partial charge >= 0.3 is 0 Å². The van der Waals surface area contributed by atoms with Gasteiger partial charge in [-0.1, -0.05) is 6.58 Å². The first-order valence-electron chi connectivity index (χ1n) is 12.3. The van der Waals surface area contributed by atoms with Crippen LogP contribution < -0.4 is 25.8 Å². The molecular weight excluding hydrogens is 496 g/mol. The van der Waals surface area contributed by atoms with Crippen molar-refractivity contribution in [1.29, 1.82) is 0 Å². The molecule has 0 saturated heterocycles. The zero-order valence-corrected chi connectivity index (χ0v) is 22.7. The second-order valence-corrected chi connectivity index (χ2v) is 9.24. The Kier molecular flexibility index (Phi) is 8.21. The highest BCUT2D eigenvalue weighted by atomic mass is 16.5. The lowest BCUT2D eigenvalue weighted by Gasteiger charge is -2.26. The number of amides is 1. The van der Waals surface area contributed by atoms with E-state index in [4.69, 9.17) is 4.74 Å². The number of nitrogens with one attached hydrogen (secondary N) is 2. The number of pyridine rings is 2. The molecule has 1 amide bonds. The van der Waals surface area contributed by atoms with E-state index in [2.05, 4.69) is 37.1 Å². The van der Waals surface area contributed by atoms with Crippen molar-refractivity contribution in [3.8, 4) is 16.9 Å². The van der Waals surface area contributed by atoms with Gasteiger partial charge < -0.3 is 25.2 Å². The molecule has 0 atom stereocenters. The number of likely N-dealkylation sites (N-methyl/N-ethyl adjacent to an activating group) is 2. The second-order valence-electron chi connectivity index (χ2n) is 9.24. The summed E-state index contributed by atoms with van der Waals surface area (Å²) in [6, 6.07) is 8.96. The highest BCUT2D eigenvalue weighted by molar-refractivity contribution is 6.02. The summed E-state index contributed by atoms with van der Waals surface area (Å²) in [6.07, 6.45) is 6.17. The molecule has 4 rings (SSSR count). The number of nitrogens with zero attached hydrogens (tertiary/aromatic N) is 6. The predicted molar refractivity (Wildman–Crippen MR) is 155 cm³/mol. The van der Waals surface area contributed by atoms with Gasteiger partial charge in [-0.15, -0.1) is 0 Å². The Hall–Kier alpha value is -4.77. The lowest BCUT2D eigenvalue weighted by atomic mass is 10.1. The first-order valence-corrected chi connectivity index (χ1v) is 12.3. The minimum absolute atomic E-state index is 0.185. The van der Waals surface area contributed by atoms with Gasteiger partial charge in [0.05, 0.1) is 24.2 Å². The van der Waals surface area contributed by atoms with E-state index in [9.17, 15) is 9.59 Å². The zero-order chi connectivity index (χ0) is 28.1. The van der Waals surface area contributed by atoms with Crippen LogP contribution >= 0.6 is 0 Å². The van der Waals surface area contributed by atoms with Gasteiger partial charge in [0.15, 0.2) is 0 Å². The van der Waals surface area contributed by atoms with Crippen molar-refractivity contribution >= 4 is 40.0 Å². The summed E-state index contributed by atoms with van der Waals surface area (Å²) in [5, 5.41) is 6.76. The summed E-state index contributed by atoms with van der Waals surface area (Å²) in [5.74, 6) is 0.460. The fourth-order valence-corrected chi connectivity index (χ4v) is 4.07. The number of hydrogen-bond donors (Lipinski definition) is 2. The van der Waals surface area contributed by atoms with E-state index in [1.807, 2.05) is 32.1 Å². The molecule has 0 aliphatic heterocycles. The number of ether oxygens (including phenoxy) is 1. The van der Waals surface area contributed by atoms with Crippen LogP contribution in [0.5, 0.6) is 5.75 Å². The Morgan fingerprint density at radius 3 is 2.54 bits per heavy atom. The topological polar surface area (TPSA) is 118 Å². The summed E-state index contributed by atoms with van der Waals surface area (Å²) >= 11 is 0. The molecule has 0 radical (unpaired) electrons. The van der Waals surface area contributed by atoms with Crippen molar-refractivity contribution in [3.05, 3.63) is 71.9 Å². The SMILES string of the molecule is C=CC(=O)Nc1cc(Nc2ncc3cc(-c4ccncc4)c(=O)n(C)c3n2)c(OC)cc1N(C)CCN(C)C. The maximum absolute atomic E-state index is 13.1. The van der Waals surface area contributed by atoms with E-state index < -0.39 is 0 Å². The van der Waals surface area contributed by atoms with E-state index in [0.29, 0.717) is 33.7 Å². The number of aryl methyl sites for hydroxylation is 1. The van der Waals surface area contributed by atoms with Crippen LogP contribution in [0.2, 0.25) is 0 Å². The minimum atomic E-state index is -0.338. The molecule has 2 N–H and O–H groups in total. The van der Waals surface area contributed by atoms with Crippen LogP contribution in [0.3, 0.4) is 0 Å². The third-order valence-corrected chi connectivity index (χ3v) is 6.24. The Labute approximate surface area is 226 Å². The Bertz CT molecular complexity index is 1570. The number of carbonyl (C=O) groups excluding carboxylic acids is 1. The number of hydrogen-bond acceptors (Lipinski definition) is 9. The molecule has 0 saturated carbocycles. The smallest absolute Gasteiger partial charge is 0.259 e. The molecule has 3 aromatic heterocycles. The fraction of sp³-hybridized carbons (Fsp3) is 0.250. The van der Waals surface area contributed by atoms with E-state index in [1.54, 1.807) is 57.0 Å². The van der Waals surface area contributed by atoms with Crippen molar-refractivity contribution < 1.29 is 9.53 Å². The summed E-state index contributed by atoms with van der Waals surface area (Å²) < 4.78 is 7.16. The van der Waals surface area contributed by atoms with Gasteiger partial charge in [0.2, 0.25) is 11.9 Å². The fourth-order valence-electron chi connectivity index (χ4n) is 4.07. The normalized spacial score (nSPS) is 10.9. The maximum Gasteiger partial charge on any atom is 0.259 e. The largest absolute Gasteiger partial charge is 0.494 e. The molecule has 3 heterocycles. The zero-order valence-electron chi connectivity index (χ0n) is 22.7. The highest BCUT2D eigenvalue weighted by Crippen LogP contribution is 2.38. The van der Waals surface area contributed by atoms with Gasteiger partial charge in [0.1, 0.15) is 11.4 Å². The number of methoxy groups -OCH3 is 1. The quantitative estimate of drug-likeness (QED) is 0.299. The standard InChI is InChI=1S/C28H32N8O3/c1-7-25(37)31-21-15-22(24(39-6)16-23(21)35(4)13-12-34(2)3)32-28-30-17-19-14-20(18-8-10-29-11-9-18)27(38)36(5)26(19)33-28/h7-11,14-17H,1,12-13H2,2-6H3,(H,31,37)(H,30,32,33). The summed E-state index contributed by atoms with van der Waals surface area (Å²) in [4.78, 5) is 42.6. The number of aromatic nitrogens is 4. The van der Waals surface area contributed by atoms with E-state index >= 15 is 0 Å². The van der Waals surface area contributed by atoms with Crippen LogP contribution in [-0.2, 0) is 11.8 Å². The number of carbonyl (C=O) groups is 1. The van der Waals surface area contributed by atoms with Crippen molar-refractivity contribution in [2.75, 3.05) is 56.9 Å². The van der Waals surface area contributed by atoms with Crippen LogP contribution in [0.1, 0.15) is 0 Å². The van der Waals surface area contributed by atoms with Crippen LogP contribution in [0.4, 0.5) is 23.0 Å². The van der Waals surface area contributed by atoms with Crippen molar-refractivity contribution in [1.82, 2.24) is 24.4 Å². The van der Waals surface area contributed by atoms with Crippen molar-refractivity contribution in [2.45, 2.75) is 0 Å². The number of fused-ring (bicyclic) bond motifs is 1. The molecule has 11 heteroatoms. The molecule has 39 heavy (non-hydrogen) atoms. The summed E-state index contributed by atoms with van der Waals surface area (Å²) in [5.41, 5.74) is 3.48. The van der Waals surface area contributed by atoms with Gasteiger partial charge in [-0.3, -0.25) is 19.1 Å². The lowest BCUT2D eigenvalue weighted by molar-refractivity contribution is -0.111.